The average Bonchev–Trinajstić information content (AvgIpc) is 2.35. The molecule has 1 aromatic rings. The van der Waals surface area contributed by atoms with Gasteiger partial charge in [0, 0.05) is 0 Å². The number of esters is 1. The van der Waals surface area contributed by atoms with Gasteiger partial charge in [-0.05, 0) is 44.5 Å². The minimum absolute atomic E-state index is 0.184. The Morgan fingerprint density at radius 1 is 1.23 bits per heavy atom. The SMILES string of the molecule is C=CC[C@@](SC(F)(F)F)(C(=O)OC(C)(C)C)c1ccccc1. The number of carbonyl (C=O) groups excluding carboxylic acids is 1. The lowest BCUT2D eigenvalue weighted by Crippen LogP contribution is -2.40. The van der Waals surface area contributed by atoms with Gasteiger partial charge in [0.15, 0.2) is 0 Å². The van der Waals surface area contributed by atoms with Crippen LogP contribution in [0.4, 0.5) is 13.2 Å². The van der Waals surface area contributed by atoms with Crippen molar-refractivity contribution in [1.29, 1.82) is 0 Å². The molecule has 0 aliphatic carbocycles. The minimum atomic E-state index is -4.59. The van der Waals surface area contributed by atoms with Crippen molar-refractivity contribution in [1.82, 2.24) is 0 Å². The lowest BCUT2D eigenvalue weighted by Gasteiger charge is -2.34. The zero-order valence-electron chi connectivity index (χ0n) is 12.7. The standard InChI is InChI=1S/C16H19F3O2S/c1-5-11-15(22-16(17,18)19,12-9-7-6-8-10-12)13(20)21-14(2,3)4/h5-10H,1,11H2,2-4H3/t15-/m0/s1. The number of hydrogen-bond acceptors (Lipinski definition) is 3. The van der Waals surface area contributed by atoms with Crippen LogP contribution in [-0.4, -0.2) is 17.1 Å². The third-order valence-electron chi connectivity index (χ3n) is 2.69. The monoisotopic (exact) mass is 332 g/mol. The zero-order chi connectivity index (χ0) is 17.0. The molecular formula is C16H19F3O2S. The first-order chi connectivity index (χ1) is 10.0. The summed E-state index contributed by atoms with van der Waals surface area (Å²) in [5.74, 6) is -0.923. The second kappa shape index (κ2) is 6.77. The summed E-state index contributed by atoms with van der Waals surface area (Å²) in [6.07, 6.45) is 1.12. The highest BCUT2D eigenvalue weighted by Crippen LogP contribution is 2.50. The first-order valence-electron chi connectivity index (χ1n) is 6.67. The van der Waals surface area contributed by atoms with Gasteiger partial charge in [0.2, 0.25) is 0 Å². The molecule has 0 bridgehead atoms. The van der Waals surface area contributed by atoms with Gasteiger partial charge in [0.25, 0.3) is 0 Å². The van der Waals surface area contributed by atoms with Gasteiger partial charge in [0.1, 0.15) is 10.3 Å². The number of alkyl halides is 3. The van der Waals surface area contributed by atoms with E-state index < -0.39 is 21.8 Å². The van der Waals surface area contributed by atoms with E-state index in [4.69, 9.17) is 4.74 Å². The third kappa shape index (κ3) is 5.09. The van der Waals surface area contributed by atoms with Gasteiger partial charge in [-0.1, -0.05) is 36.4 Å². The van der Waals surface area contributed by atoms with Crippen molar-refractivity contribution in [2.24, 2.45) is 0 Å². The van der Waals surface area contributed by atoms with Crippen LogP contribution < -0.4 is 0 Å². The first-order valence-corrected chi connectivity index (χ1v) is 7.48. The predicted molar refractivity (Wildman–Crippen MR) is 82.4 cm³/mol. The second-order valence-electron chi connectivity index (χ2n) is 5.74. The van der Waals surface area contributed by atoms with Gasteiger partial charge in [-0.25, -0.2) is 0 Å². The molecule has 0 saturated heterocycles. The molecule has 0 unspecified atom stereocenters. The molecule has 0 heterocycles. The van der Waals surface area contributed by atoms with Crippen LogP contribution in [0.25, 0.3) is 0 Å². The van der Waals surface area contributed by atoms with Crippen LogP contribution in [0.5, 0.6) is 0 Å². The van der Waals surface area contributed by atoms with Crippen LogP contribution in [0, 0.1) is 0 Å². The molecule has 1 atom stereocenters. The Kier molecular flexibility index (Phi) is 5.73. The molecule has 0 saturated carbocycles. The van der Waals surface area contributed by atoms with Crippen molar-refractivity contribution in [3.63, 3.8) is 0 Å². The number of carbonyl (C=O) groups is 1. The molecule has 1 aromatic carbocycles. The summed E-state index contributed by atoms with van der Waals surface area (Å²) in [5.41, 5.74) is -5.23. The van der Waals surface area contributed by atoms with Crippen molar-refractivity contribution in [2.45, 2.75) is 43.0 Å². The Balaban J connectivity index is 3.39. The summed E-state index contributed by atoms with van der Waals surface area (Å²) in [4.78, 5) is 12.6. The Bertz CT molecular complexity index is 520. The van der Waals surface area contributed by atoms with Crippen LogP contribution in [0.15, 0.2) is 43.0 Å². The Morgan fingerprint density at radius 3 is 2.18 bits per heavy atom. The molecule has 0 amide bonds. The molecular weight excluding hydrogens is 313 g/mol. The first kappa shape index (κ1) is 18.6. The molecule has 0 radical (unpaired) electrons. The summed E-state index contributed by atoms with van der Waals surface area (Å²) in [7, 11) is 0. The van der Waals surface area contributed by atoms with Gasteiger partial charge in [-0.2, -0.15) is 13.2 Å². The highest BCUT2D eigenvalue weighted by atomic mass is 32.2. The Labute approximate surface area is 132 Å². The fourth-order valence-corrected chi connectivity index (χ4v) is 2.91. The van der Waals surface area contributed by atoms with E-state index in [2.05, 4.69) is 6.58 Å². The molecule has 2 nitrogen and oxygen atoms in total. The highest BCUT2D eigenvalue weighted by molar-refractivity contribution is 8.01. The lowest BCUT2D eigenvalue weighted by atomic mass is 9.94. The maximum Gasteiger partial charge on any atom is 0.443 e. The number of thioether (sulfide) groups is 1. The van der Waals surface area contributed by atoms with Gasteiger partial charge in [0.05, 0.1) is 0 Å². The minimum Gasteiger partial charge on any atom is -0.459 e. The average molecular weight is 332 g/mol. The highest BCUT2D eigenvalue weighted by Gasteiger charge is 2.51. The quantitative estimate of drug-likeness (QED) is 0.557. The molecule has 0 spiro atoms. The lowest BCUT2D eigenvalue weighted by molar-refractivity contribution is -0.158. The van der Waals surface area contributed by atoms with Gasteiger partial charge < -0.3 is 4.74 Å². The summed E-state index contributed by atoms with van der Waals surface area (Å²) in [6, 6.07) is 7.84. The van der Waals surface area contributed by atoms with E-state index in [1.807, 2.05) is 0 Å². The van der Waals surface area contributed by atoms with E-state index in [1.165, 1.54) is 18.2 Å². The molecule has 0 aliphatic heterocycles. The number of allylic oxidation sites excluding steroid dienone is 1. The second-order valence-corrected chi connectivity index (χ2v) is 7.10. The van der Waals surface area contributed by atoms with Gasteiger partial charge >= 0.3 is 11.5 Å². The molecule has 0 aliphatic rings. The van der Waals surface area contributed by atoms with Crippen LogP contribution >= 0.6 is 11.8 Å². The smallest absolute Gasteiger partial charge is 0.443 e. The Hall–Kier alpha value is -1.43. The number of benzene rings is 1. The van der Waals surface area contributed by atoms with E-state index in [1.54, 1.807) is 39.0 Å². The molecule has 0 aromatic heterocycles. The molecule has 6 heteroatoms. The van der Waals surface area contributed by atoms with Crippen LogP contribution in [-0.2, 0) is 14.3 Å². The third-order valence-corrected chi connectivity index (χ3v) is 3.84. The van der Waals surface area contributed by atoms with Crippen LogP contribution in [0.2, 0.25) is 0 Å². The summed E-state index contributed by atoms with van der Waals surface area (Å²) in [6.45, 7) is 8.35. The maximum atomic E-state index is 13.1. The molecule has 1 rings (SSSR count). The fraction of sp³-hybridized carbons (Fsp3) is 0.438. The van der Waals surface area contributed by atoms with Crippen molar-refractivity contribution in [3.8, 4) is 0 Å². The number of rotatable bonds is 5. The normalized spacial score (nSPS) is 15.0. The van der Waals surface area contributed by atoms with Gasteiger partial charge in [-0.15, -0.1) is 6.58 Å². The van der Waals surface area contributed by atoms with Crippen molar-refractivity contribution in [2.75, 3.05) is 0 Å². The summed E-state index contributed by atoms with van der Waals surface area (Å²) >= 11 is -0.370. The van der Waals surface area contributed by atoms with E-state index in [9.17, 15) is 18.0 Å². The van der Waals surface area contributed by atoms with Crippen molar-refractivity contribution < 1.29 is 22.7 Å². The van der Waals surface area contributed by atoms with E-state index in [-0.39, 0.29) is 23.7 Å². The topological polar surface area (TPSA) is 26.3 Å². The summed E-state index contributed by atoms with van der Waals surface area (Å²) in [5, 5.41) is 0. The van der Waals surface area contributed by atoms with Crippen LogP contribution in [0.3, 0.4) is 0 Å². The maximum absolute atomic E-state index is 13.1. The fourth-order valence-electron chi connectivity index (χ4n) is 1.93. The van der Waals surface area contributed by atoms with E-state index in [0.29, 0.717) is 0 Å². The van der Waals surface area contributed by atoms with Gasteiger partial charge in [-0.3, -0.25) is 4.79 Å². The molecule has 122 valence electrons. The summed E-state index contributed by atoms with van der Waals surface area (Å²) < 4.78 is 42.6. The number of hydrogen-bond donors (Lipinski definition) is 0. The van der Waals surface area contributed by atoms with Crippen molar-refractivity contribution in [3.05, 3.63) is 48.6 Å². The largest absolute Gasteiger partial charge is 0.459 e. The number of ether oxygens (including phenoxy) is 1. The van der Waals surface area contributed by atoms with E-state index >= 15 is 0 Å². The molecule has 0 fully saturated rings. The molecule has 0 N–H and O–H groups in total. The zero-order valence-corrected chi connectivity index (χ0v) is 13.6. The number of halogens is 3. The molecule has 22 heavy (non-hydrogen) atoms. The Morgan fingerprint density at radius 2 is 1.77 bits per heavy atom. The van der Waals surface area contributed by atoms with Crippen LogP contribution in [0.1, 0.15) is 32.8 Å². The predicted octanol–water partition coefficient (Wildman–Crippen LogP) is 5.05. The van der Waals surface area contributed by atoms with E-state index in [0.717, 1.165) is 0 Å². The van der Waals surface area contributed by atoms with Crippen molar-refractivity contribution >= 4 is 17.7 Å².